The molecule has 3 N–H and O–H groups in total. The molecule has 5 atom stereocenters. The predicted molar refractivity (Wildman–Crippen MR) is 391 cm³/mol. The molecule has 17 nitrogen and oxygen atoms in total. The monoisotopic (exact) mass is 1410 g/mol. The molecule has 0 fully saturated rings. The molecule has 0 aromatic heterocycles. The molecule has 2 unspecified atom stereocenters. The van der Waals surface area contributed by atoms with E-state index in [9.17, 15) is 43.2 Å². The molecule has 0 aromatic rings. The summed E-state index contributed by atoms with van der Waals surface area (Å²) >= 11 is 0. The number of rotatable bonds is 76. The molecule has 96 heavy (non-hydrogen) atoms. The number of esters is 4. The minimum atomic E-state index is -4.96. The van der Waals surface area contributed by atoms with Crippen molar-refractivity contribution >= 4 is 39.5 Å². The largest absolute Gasteiger partial charge is 0.472 e. The van der Waals surface area contributed by atoms with Gasteiger partial charge in [0.1, 0.15) is 19.3 Å². The molecule has 0 spiro atoms. The van der Waals surface area contributed by atoms with Crippen LogP contribution in [0.4, 0.5) is 0 Å². The van der Waals surface area contributed by atoms with Crippen molar-refractivity contribution in [3.05, 3.63) is 0 Å². The van der Waals surface area contributed by atoms with E-state index in [1.807, 2.05) is 0 Å². The topological polar surface area (TPSA) is 237 Å². The standard InChI is InChI=1S/C77H150O17P2/c1-7-9-11-13-15-17-18-19-20-26-29-32-35-42-48-54-60-75(80)88-66-73(93-76(81)61-55-49-43-36-33-30-27-24-22-21-23-25-28-31-34-39-45-51-57-69(3)4)68-92-96(85,86)90-64-71(78)63-89-95(83,84)91-67-72(65-87-74(79)59-53-47-41-16-14-12-10-8-2)94-77(82)62-56-50-44-38-37-40-46-52-58-70(5)6/h69-73,78H,7-68H2,1-6H3,(H,83,84)(H,85,86)/t71-,72+,73+/m0/s1. The summed E-state index contributed by atoms with van der Waals surface area (Å²) in [7, 11) is -9.91. The second-order valence-electron chi connectivity index (χ2n) is 28.7. The Morgan fingerprint density at radius 2 is 0.479 bits per heavy atom. The van der Waals surface area contributed by atoms with E-state index in [2.05, 4.69) is 41.5 Å². The fourth-order valence-electron chi connectivity index (χ4n) is 11.8. The number of ether oxygens (including phenoxy) is 4. The number of carbonyl (C=O) groups excluding carboxylic acids is 4. The molecule has 0 aliphatic carbocycles. The molecule has 0 saturated carbocycles. The normalized spacial score (nSPS) is 14.0. The van der Waals surface area contributed by atoms with Crippen LogP contribution in [0.1, 0.15) is 401 Å². The van der Waals surface area contributed by atoms with Crippen molar-refractivity contribution in [2.75, 3.05) is 39.6 Å². The highest BCUT2D eigenvalue weighted by Gasteiger charge is 2.30. The summed E-state index contributed by atoms with van der Waals surface area (Å²) in [5.74, 6) is -0.580. The first-order valence-corrected chi connectivity index (χ1v) is 43.0. The van der Waals surface area contributed by atoms with E-state index in [-0.39, 0.29) is 25.7 Å². The van der Waals surface area contributed by atoms with Gasteiger partial charge in [0, 0.05) is 25.7 Å². The van der Waals surface area contributed by atoms with Crippen molar-refractivity contribution in [3.8, 4) is 0 Å². The second kappa shape index (κ2) is 68.8. The average Bonchev–Trinajstić information content (AvgIpc) is 1.40. The van der Waals surface area contributed by atoms with Gasteiger partial charge in [-0.3, -0.25) is 37.3 Å². The maximum Gasteiger partial charge on any atom is 0.472 e. The Labute approximate surface area is 588 Å². The molecule has 0 amide bonds. The van der Waals surface area contributed by atoms with Gasteiger partial charge in [-0.15, -0.1) is 0 Å². The Kier molecular flexibility index (Phi) is 67.4. The minimum absolute atomic E-state index is 0.105. The van der Waals surface area contributed by atoms with Crippen molar-refractivity contribution in [1.29, 1.82) is 0 Å². The van der Waals surface area contributed by atoms with E-state index in [4.69, 9.17) is 37.0 Å². The highest BCUT2D eigenvalue weighted by atomic mass is 31.2. The summed E-state index contributed by atoms with van der Waals surface area (Å²) in [6, 6.07) is 0. The lowest BCUT2D eigenvalue weighted by Crippen LogP contribution is -2.30. The quantitative estimate of drug-likeness (QED) is 0.0222. The molecule has 0 heterocycles. The Balaban J connectivity index is 5.18. The number of unbranched alkanes of at least 4 members (excludes halogenated alkanes) is 46. The smallest absolute Gasteiger partial charge is 0.462 e. The molecule has 0 aromatic carbocycles. The van der Waals surface area contributed by atoms with Crippen LogP contribution in [0.3, 0.4) is 0 Å². The van der Waals surface area contributed by atoms with Crippen LogP contribution in [-0.2, 0) is 65.4 Å². The first-order valence-electron chi connectivity index (χ1n) is 40.0. The van der Waals surface area contributed by atoms with Gasteiger partial charge in [-0.1, -0.05) is 350 Å². The zero-order chi connectivity index (χ0) is 70.7. The van der Waals surface area contributed by atoms with Gasteiger partial charge in [-0.05, 0) is 37.5 Å². The number of carbonyl (C=O) groups is 4. The molecule has 19 heteroatoms. The van der Waals surface area contributed by atoms with Gasteiger partial charge in [-0.25, -0.2) is 9.13 Å². The van der Waals surface area contributed by atoms with Crippen LogP contribution in [-0.4, -0.2) is 96.7 Å². The fourth-order valence-corrected chi connectivity index (χ4v) is 13.4. The average molecular weight is 1410 g/mol. The predicted octanol–water partition coefficient (Wildman–Crippen LogP) is 22.7. The van der Waals surface area contributed by atoms with Crippen molar-refractivity contribution in [2.24, 2.45) is 11.8 Å². The van der Waals surface area contributed by atoms with E-state index in [0.717, 1.165) is 108 Å². The Hall–Kier alpha value is -1.94. The van der Waals surface area contributed by atoms with E-state index in [1.165, 1.54) is 212 Å². The van der Waals surface area contributed by atoms with E-state index < -0.39 is 97.5 Å². The summed E-state index contributed by atoms with van der Waals surface area (Å²) in [6.07, 6.45) is 57.1. The highest BCUT2D eigenvalue weighted by molar-refractivity contribution is 7.47. The maximum absolute atomic E-state index is 13.1. The number of aliphatic hydroxyl groups is 1. The highest BCUT2D eigenvalue weighted by Crippen LogP contribution is 2.45. The molecule has 570 valence electrons. The van der Waals surface area contributed by atoms with Gasteiger partial charge in [0.25, 0.3) is 0 Å². The Morgan fingerprint density at radius 1 is 0.281 bits per heavy atom. The van der Waals surface area contributed by atoms with Gasteiger partial charge < -0.3 is 33.8 Å². The first kappa shape index (κ1) is 94.1. The Bertz CT molecular complexity index is 1860. The SMILES string of the molecule is CCCCCCCCCCCCCCCCCCC(=O)OC[C@H](COP(=O)(O)OC[C@@H](O)COP(=O)(O)OC[C@@H](COC(=O)CCCCCCCCCC)OC(=O)CCCCCCCCCCC(C)C)OC(=O)CCCCCCCCCCCCCCCCCCCCC(C)C. The third-order valence-electron chi connectivity index (χ3n) is 18.0. The lowest BCUT2D eigenvalue weighted by molar-refractivity contribution is -0.161. The van der Waals surface area contributed by atoms with Crippen molar-refractivity contribution in [3.63, 3.8) is 0 Å². The minimum Gasteiger partial charge on any atom is -0.462 e. The van der Waals surface area contributed by atoms with Crippen LogP contribution < -0.4 is 0 Å². The lowest BCUT2D eigenvalue weighted by Gasteiger charge is -2.21. The number of phosphoric ester groups is 2. The molecule has 0 bridgehead atoms. The molecule has 0 radical (unpaired) electrons. The second-order valence-corrected chi connectivity index (χ2v) is 31.6. The van der Waals surface area contributed by atoms with Crippen LogP contribution in [0.2, 0.25) is 0 Å². The van der Waals surface area contributed by atoms with Gasteiger partial charge in [0.2, 0.25) is 0 Å². The maximum atomic E-state index is 13.1. The lowest BCUT2D eigenvalue weighted by atomic mass is 10.0. The van der Waals surface area contributed by atoms with Crippen molar-refractivity contribution < 1.29 is 80.2 Å². The third-order valence-corrected chi connectivity index (χ3v) is 19.9. The van der Waals surface area contributed by atoms with Crippen LogP contribution in [0.25, 0.3) is 0 Å². The van der Waals surface area contributed by atoms with Crippen molar-refractivity contribution in [1.82, 2.24) is 0 Å². The Morgan fingerprint density at radius 3 is 0.708 bits per heavy atom. The van der Waals surface area contributed by atoms with Crippen LogP contribution in [0.15, 0.2) is 0 Å². The molecular weight excluding hydrogens is 1260 g/mol. The number of phosphoric acid groups is 2. The van der Waals surface area contributed by atoms with E-state index >= 15 is 0 Å². The molecule has 0 saturated heterocycles. The van der Waals surface area contributed by atoms with Gasteiger partial charge in [0.15, 0.2) is 12.2 Å². The number of hydrogen-bond acceptors (Lipinski definition) is 15. The van der Waals surface area contributed by atoms with Crippen LogP contribution in [0, 0.1) is 11.8 Å². The third kappa shape index (κ3) is 70.5. The summed E-state index contributed by atoms with van der Waals surface area (Å²) < 4.78 is 68.5. The number of hydrogen-bond donors (Lipinski definition) is 3. The summed E-state index contributed by atoms with van der Waals surface area (Å²) in [5, 5.41) is 10.6. The van der Waals surface area contributed by atoms with Gasteiger partial charge >= 0.3 is 39.5 Å². The van der Waals surface area contributed by atoms with Crippen LogP contribution >= 0.6 is 15.6 Å². The van der Waals surface area contributed by atoms with Gasteiger partial charge in [-0.2, -0.15) is 0 Å². The zero-order valence-electron chi connectivity index (χ0n) is 62.7. The van der Waals surface area contributed by atoms with Gasteiger partial charge in [0.05, 0.1) is 26.4 Å². The van der Waals surface area contributed by atoms with Crippen LogP contribution in [0.5, 0.6) is 0 Å². The molecule has 0 aliphatic heterocycles. The fraction of sp³-hybridized carbons (Fsp3) is 0.948. The van der Waals surface area contributed by atoms with E-state index in [0.29, 0.717) is 25.7 Å². The summed E-state index contributed by atoms with van der Waals surface area (Å²) in [4.78, 5) is 72.7. The van der Waals surface area contributed by atoms with E-state index in [1.54, 1.807) is 0 Å². The summed E-state index contributed by atoms with van der Waals surface area (Å²) in [6.45, 7) is 9.57. The first-order chi connectivity index (χ1) is 46.4. The molecular formula is C77H150O17P2. The summed E-state index contributed by atoms with van der Waals surface area (Å²) in [5.41, 5.74) is 0. The van der Waals surface area contributed by atoms with Crippen molar-refractivity contribution in [2.45, 2.75) is 419 Å². The molecule has 0 aliphatic rings. The zero-order valence-corrected chi connectivity index (χ0v) is 64.5. The molecule has 0 rings (SSSR count). The number of aliphatic hydroxyl groups excluding tert-OH is 1.